The molecule has 0 aromatic heterocycles. The maximum absolute atomic E-state index is 14.2. The van der Waals surface area contributed by atoms with Crippen molar-refractivity contribution in [2.45, 2.75) is 69.4 Å². The number of carbonyl (C=O) groups excluding carboxylic acids is 2. The predicted octanol–water partition coefficient (Wildman–Crippen LogP) is 4.32. The lowest BCUT2D eigenvalue weighted by molar-refractivity contribution is -0.184. The monoisotopic (exact) mass is 456 g/mol. The number of rotatable bonds is 7. The van der Waals surface area contributed by atoms with E-state index in [9.17, 15) is 14.0 Å². The van der Waals surface area contributed by atoms with E-state index in [1.165, 1.54) is 12.1 Å². The molecule has 166 valence electrons. The van der Waals surface area contributed by atoms with Crippen molar-refractivity contribution in [1.82, 2.24) is 4.90 Å². The number of morpholine rings is 1. The first-order valence-corrected chi connectivity index (χ1v) is 11.6. The topological polar surface area (TPSA) is 72.6 Å². The van der Waals surface area contributed by atoms with Crippen molar-refractivity contribution >= 4 is 35.2 Å². The lowest BCUT2D eigenvalue weighted by Gasteiger charge is -2.48. The Labute approximate surface area is 186 Å². The lowest BCUT2D eigenvalue weighted by atomic mass is 9.91. The van der Waals surface area contributed by atoms with Gasteiger partial charge in [0.05, 0.1) is 24.1 Å². The van der Waals surface area contributed by atoms with Gasteiger partial charge in [-0.25, -0.2) is 4.39 Å². The van der Waals surface area contributed by atoms with Gasteiger partial charge >= 0.3 is 0 Å². The highest BCUT2D eigenvalue weighted by Gasteiger charge is 2.51. The summed E-state index contributed by atoms with van der Waals surface area (Å²) < 4.78 is 20.2. The van der Waals surface area contributed by atoms with Crippen molar-refractivity contribution < 1.29 is 18.7 Å². The molecule has 1 heterocycles. The molecule has 5 nitrogen and oxygen atoms in total. The minimum Gasteiger partial charge on any atom is -0.370 e. The maximum atomic E-state index is 14.2. The number of thioether (sulfide) groups is 1. The summed E-state index contributed by atoms with van der Waals surface area (Å²) in [6, 6.07) is 4.13. The number of hydrogen-bond acceptors (Lipinski definition) is 4. The Morgan fingerprint density at radius 1 is 1.43 bits per heavy atom. The standard InChI is InChI=1S/C22H30ClFN2O3S/c1-21(2,3)30-12-18(13-5-6-13)26-17(14-7-8-15(23)16(24)9-14)11-29-22(4,20(26)28)10-19(25)27/h7-9,13,17-18H,5-6,10-12H2,1-4H3,(H2,25,27)/t17-,18?,22+/m0/s1. The van der Waals surface area contributed by atoms with E-state index in [4.69, 9.17) is 22.1 Å². The van der Waals surface area contributed by atoms with Crippen molar-refractivity contribution in [2.75, 3.05) is 12.4 Å². The van der Waals surface area contributed by atoms with Crippen LogP contribution in [0.5, 0.6) is 0 Å². The molecule has 1 saturated heterocycles. The van der Waals surface area contributed by atoms with E-state index in [2.05, 4.69) is 20.8 Å². The third-order valence-electron chi connectivity index (χ3n) is 5.63. The Bertz CT molecular complexity index is 827. The van der Waals surface area contributed by atoms with Gasteiger partial charge in [-0.3, -0.25) is 9.59 Å². The first kappa shape index (κ1) is 23.4. The van der Waals surface area contributed by atoms with Crippen LogP contribution in [0, 0.1) is 11.7 Å². The minimum absolute atomic E-state index is 0.0263. The number of amides is 2. The molecular formula is C22H30ClFN2O3S. The number of nitrogens with two attached hydrogens (primary N) is 1. The number of primary amides is 1. The zero-order valence-electron chi connectivity index (χ0n) is 17.9. The second-order valence-electron chi connectivity index (χ2n) is 9.41. The predicted molar refractivity (Wildman–Crippen MR) is 118 cm³/mol. The van der Waals surface area contributed by atoms with Gasteiger partial charge < -0.3 is 15.4 Å². The van der Waals surface area contributed by atoms with Crippen LogP contribution in [-0.2, 0) is 14.3 Å². The maximum Gasteiger partial charge on any atom is 0.255 e. The molecule has 1 aliphatic carbocycles. The molecule has 0 radical (unpaired) electrons. The highest BCUT2D eigenvalue weighted by atomic mass is 35.5. The fourth-order valence-corrected chi connectivity index (χ4v) is 5.12. The zero-order valence-corrected chi connectivity index (χ0v) is 19.5. The van der Waals surface area contributed by atoms with E-state index in [0.717, 1.165) is 18.6 Å². The van der Waals surface area contributed by atoms with Crippen LogP contribution in [0.2, 0.25) is 5.02 Å². The van der Waals surface area contributed by atoms with Crippen LogP contribution in [-0.4, -0.2) is 45.5 Å². The Morgan fingerprint density at radius 3 is 2.63 bits per heavy atom. The Morgan fingerprint density at radius 2 is 2.10 bits per heavy atom. The average Bonchev–Trinajstić information content (AvgIpc) is 3.45. The normalized spacial score (nSPS) is 26.0. The summed E-state index contributed by atoms with van der Waals surface area (Å²) >= 11 is 7.67. The van der Waals surface area contributed by atoms with Crippen molar-refractivity contribution in [2.24, 2.45) is 11.7 Å². The molecule has 1 saturated carbocycles. The second-order valence-corrected chi connectivity index (χ2v) is 11.7. The van der Waals surface area contributed by atoms with Gasteiger partial charge in [-0.1, -0.05) is 38.4 Å². The molecule has 1 aromatic carbocycles. The van der Waals surface area contributed by atoms with Crippen molar-refractivity contribution in [3.05, 3.63) is 34.6 Å². The Balaban J connectivity index is 1.99. The summed E-state index contributed by atoms with van der Waals surface area (Å²) in [4.78, 5) is 27.2. The minimum atomic E-state index is -1.31. The summed E-state index contributed by atoms with van der Waals surface area (Å²) in [6.07, 6.45) is 1.91. The molecule has 30 heavy (non-hydrogen) atoms. The van der Waals surface area contributed by atoms with Crippen LogP contribution in [0.15, 0.2) is 18.2 Å². The van der Waals surface area contributed by atoms with E-state index in [-0.39, 0.29) is 34.7 Å². The highest BCUT2D eigenvalue weighted by molar-refractivity contribution is 8.00. The summed E-state index contributed by atoms with van der Waals surface area (Å²) in [5.74, 6) is -0.231. The Kier molecular flexibility index (Phi) is 6.75. The summed E-state index contributed by atoms with van der Waals surface area (Å²) in [7, 11) is 0. The van der Waals surface area contributed by atoms with Gasteiger partial charge in [0.2, 0.25) is 5.91 Å². The molecule has 3 rings (SSSR count). The third kappa shape index (κ3) is 5.29. The molecule has 1 unspecified atom stereocenters. The average molecular weight is 457 g/mol. The van der Waals surface area contributed by atoms with Gasteiger partial charge in [-0.2, -0.15) is 11.8 Å². The fraction of sp³-hybridized carbons (Fsp3) is 0.636. The van der Waals surface area contributed by atoms with Gasteiger partial charge in [-0.05, 0) is 43.4 Å². The molecule has 1 aromatic rings. The van der Waals surface area contributed by atoms with Gasteiger partial charge in [0.25, 0.3) is 5.91 Å². The van der Waals surface area contributed by atoms with Crippen LogP contribution < -0.4 is 5.73 Å². The summed E-state index contributed by atoms with van der Waals surface area (Å²) in [5.41, 5.74) is 4.73. The largest absolute Gasteiger partial charge is 0.370 e. The van der Waals surface area contributed by atoms with E-state index in [1.807, 2.05) is 4.90 Å². The smallest absolute Gasteiger partial charge is 0.255 e. The zero-order chi connectivity index (χ0) is 22.3. The Hall–Kier alpha value is -1.31. The summed E-state index contributed by atoms with van der Waals surface area (Å²) in [5, 5.41) is 0.0361. The van der Waals surface area contributed by atoms with Crippen LogP contribution >= 0.6 is 23.4 Å². The van der Waals surface area contributed by atoms with E-state index >= 15 is 0 Å². The van der Waals surface area contributed by atoms with Gasteiger partial charge in [-0.15, -0.1) is 0 Å². The van der Waals surface area contributed by atoms with E-state index in [1.54, 1.807) is 24.8 Å². The highest BCUT2D eigenvalue weighted by Crippen LogP contribution is 2.45. The molecule has 1 aliphatic heterocycles. The fourth-order valence-electron chi connectivity index (χ4n) is 3.90. The number of nitrogens with zero attached hydrogens (tertiary/aromatic N) is 1. The molecule has 8 heteroatoms. The molecular weight excluding hydrogens is 427 g/mol. The van der Waals surface area contributed by atoms with Gasteiger partial charge in [0, 0.05) is 16.5 Å². The number of hydrogen-bond donors (Lipinski definition) is 1. The third-order valence-corrected chi connectivity index (χ3v) is 7.31. The van der Waals surface area contributed by atoms with Crippen molar-refractivity contribution in [3.8, 4) is 0 Å². The van der Waals surface area contributed by atoms with Crippen molar-refractivity contribution in [1.29, 1.82) is 0 Å². The molecule has 2 N–H and O–H groups in total. The SMILES string of the molecule is CC(C)(C)SCC(C1CC1)N1C(=O)[C@@](C)(CC(N)=O)OC[C@H]1c1ccc(Cl)c(F)c1. The van der Waals surface area contributed by atoms with Crippen LogP contribution in [0.1, 0.15) is 58.6 Å². The van der Waals surface area contributed by atoms with Crippen LogP contribution in [0.25, 0.3) is 0 Å². The molecule has 2 fully saturated rings. The van der Waals surface area contributed by atoms with Crippen molar-refractivity contribution in [3.63, 3.8) is 0 Å². The molecule has 2 aliphatic rings. The van der Waals surface area contributed by atoms with Gasteiger partial charge in [0.1, 0.15) is 5.82 Å². The van der Waals surface area contributed by atoms with E-state index in [0.29, 0.717) is 11.5 Å². The lowest BCUT2D eigenvalue weighted by Crippen LogP contribution is -2.61. The number of carbonyl (C=O) groups is 2. The molecule has 2 amide bonds. The van der Waals surface area contributed by atoms with Gasteiger partial charge in [0.15, 0.2) is 5.60 Å². The number of benzene rings is 1. The first-order chi connectivity index (χ1) is 13.9. The second kappa shape index (κ2) is 8.67. The molecule has 0 bridgehead atoms. The summed E-state index contributed by atoms with van der Waals surface area (Å²) in [6.45, 7) is 8.22. The molecule has 3 atom stereocenters. The first-order valence-electron chi connectivity index (χ1n) is 10.3. The van der Waals surface area contributed by atoms with E-state index < -0.39 is 23.4 Å². The number of ether oxygens (including phenoxy) is 1. The number of halogens is 2. The quantitative estimate of drug-likeness (QED) is 0.663. The molecule has 0 spiro atoms. The van der Waals surface area contributed by atoms with Crippen LogP contribution in [0.3, 0.4) is 0 Å². The van der Waals surface area contributed by atoms with Crippen LogP contribution in [0.4, 0.5) is 4.39 Å².